The van der Waals surface area contributed by atoms with Crippen molar-refractivity contribution in [2.45, 2.75) is 12.3 Å². The third-order valence-electron chi connectivity index (χ3n) is 2.04. The summed E-state index contributed by atoms with van der Waals surface area (Å²) in [5.74, 6) is 1.89. The Morgan fingerprint density at radius 3 is 3.15 bits per heavy atom. The smallest absolute Gasteiger partial charge is 0.392 e. The second kappa shape index (κ2) is 3.41. The van der Waals surface area contributed by atoms with Gasteiger partial charge in [0, 0.05) is 11.7 Å². The van der Waals surface area contributed by atoms with E-state index in [9.17, 15) is 4.79 Å². The monoisotopic (exact) mass is 199 g/mol. The maximum atomic E-state index is 10.5. The van der Waals surface area contributed by atoms with Gasteiger partial charge in [0.1, 0.15) is 5.76 Å². The summed E-state index contributed by atoms with van der Waals surface area (Å²) >= 11 is 1.86. The molecule has 2 rings (SSSR count). The molecule has 0 aliphatic carbocycles. The number of oxazole rings is 1. The van der Waals surface area contributed by atoms with Crippen molar-refractivity contribution in [2.24, 2.45) is 0 Å². The van der Waals surface area contributed by atoms with E-state index in [2.05, 4.69) is 4.98 Å². The molecule has 0 saturated carbocycles. The second-order valence-corrected chi connectivity index (χ2v) is 4.08. The minimum atomic E-state index is -1.10. The number of carbonyl (C=O) groups is 1. The first-order chi connectivity index (χ1) is 6.27. The van der Waals surface area contributed by atoms with Crippen LogP contribution < -0.4 is 0 Å². The molecule has 1 aromatic heterocycles. The van der Waals surface area contributed by atoms with Crippen LogP contribution in [0.5, 0.6) is 0 Å². The van der Waals surface area contributed by atoms with Gasteiger partial charge in [-0.25, -0.2) is 9.78 Å². The molecule has 0 amide bonds. The van der Waals surface area contributed by atoms with Gasteiger partial charge in [0.2, 0.25) is 0 Å². The fourth-order valence-electron chi connectivity index (χ4n) is 1.33. The van der Waals surface area contributed by atoms with E-state index in [1.807, 2.05) is 11.8 Å². The van der Waals surface area contributed by atoms with Gasteiger partial charge in [-0.2, -0.15) is 11.8 Å². The summed E-state index contributed by atoms with van der Waals surface area (Å²) in [6, 6.07) is 0. The zero-order valence-corrected chi connectivity index (χ0v) is 7.71. The van der Waals surface area contributed by atoms with Crippen LogP contribution in [0.4, 0.5) is 0 Å². The number of hydrogen-bond acceptors (Lipinski definition) is 4. The van der Waals surface area contributed by atoms with Crippen molar-refractivity contribution < 1.29 is 14.3 Å². The summed E-state index contributed by atoms with van der Waals surface area (Å²) in [5.41, 5.74) is 0. The standard InChI is InChI=1S/C8H9NO3S/c10-8(11)7-9-3-6(12-7)5-1-2-13-4-5/h3,5H,1-2,4H2,(H,10,11). The largest absolute Gasteiger partial charge is 0.474 e. The first kappa shape index (κ1) is 8.62. The number of hydrogen-bond donors (Lipinski definition) is 1. The van der Waals surface area contributed by atoms with E-state index in [0.717, 1.165) is 17.9 Å². The van der Waals surface area contributed by atoms with Gasteiger partial charge in [0.25, 0.3) is 0 Å². The van der Waals surface area contributed by atoms with E-state index in [1.165, 1.54) is 6.20 Å². The first-order valence-electron chi connectivity index (χ1n) is 4.04. The molecule has 1 aliphatic rings. The third kappa shape index (κ3) is 1.70. The van der Waals surface area contributed by atoms with Gasteiger partial charge in [-0.3, -0.25) is 0 Å². The lowest BCUT2D eigenvalue weighted by molar-refractivity contribution is 0.0651. The van der Waals surface area contributed by atoms with Crippen molar-refractivity contribution in [3.63, 3.8) is 0 Å². The van der Waals surface area contributed by atoms with E-state index < -0.39 is 5.97 Å². The molecular formula is C8H9NO3S. The first-order valence-corrected chi connectivity index (χ1v) is 5.19. The van der Waals surface area contributed by atoms with Crippen LogP contribution in [0.3, 0.4) is 0 Å². The summed E-state index contributed by atoms with van der Waals surface area (Å²) in [4.78, 5) is 14.2. The summed E-state index contributed by atoms with van der Waals surface area (Å²) < 4.78 is 5.11. The second-order valence-electron chi connectivity index (χ2n) is 2.93. The van der Waals surface area contributed by atoms with E-state index in [-0.39, 0.29) is 5.89 Å². The van der Waals surface area contributed by atoms with Crippen LogP contribution in [0.1, 0.15) is 28.8 Å². The predicted molar refractivity (Wildman–Crippen MR) is 48.1 cm³/mol. The van der Waals surface area contributed by atoms with E-state index in [4.69, 9.17) is 9.52 Å². The summed E-state index contributed by atoms with van der Waals surface area (Å²) in [5, 5.41) is 8.58. The average Bonchev–Trinajstić information content (AvgIpc) is 2.75. The molecule has 0 radical (unpaired) electrons. The van der Waals surface area contributed by atoms with E-state index in [1.54, 1.807) is 0 Å². The predicted octanol–water partition coefficient (Wildman–Crippen LogP) is 1.59. The molecule has 70 valence electrons. The van der Waals surface area contributed by atoms with Crippen LogP contribution in [0, 0.1) is 0 Å². The molecular weight excluding hydrogens is 190 g/mol. The molecule has 0 spiro atoms. The lowest BCUT2D eigenvalue weighted by Gasteiger charge is -2.00. The van der Waals surface area contributed by atoms with Gasteiger partial charge in [-0.15, -0.1) is 0 Å². The number of thioether (sulfide) groups is 1. The van der Waals surface area contributed by atoms with Crippen molar-refractivity contribution >= 4 is 17.7 Å². The molecule has 1 saturated heterocycles. The molecule has 2 heterocycles. The minimum Gasteiger partial charge on any atom is -0.474 e. The molecule has 1 fully saturated rings. The topological polar surface area (TPSA) is 63.3 Å². The fourth-order valence-corrected chi connectivity index (χ4v) is 2.57. The van der Waals surface area contributed by atoms with Gasteiger partial charge in [0.05, 0.1) is 6.20 Å². The van der Waals surface area contributed by atoms with E-state index in [0.29, 0.717) is 11.7 Å². The minimum absolute atomic E-state index is 0.202. The zero-order chi connectivity index (χ0) is 9.26. The highest BCUT2D eigenvalue weighted by molar-refractivity contribution is 7.99. The Labute approximate surface area is 79.3 Å². The number of aromatic nitrogens is 1. The van der Waals surface area contributed by atoms with Crippen LogP contribution in [-0.2, 0) is 0 Å². The summed E-state index contributed by atoms with van der Waals surface area (Å²) in [7, 11) is 0. The van der Waals surface area contributed by atoms with Crippen molar-refractivity contribution in [3.8, 4) is 0 Å². The van der Waals surface area contributed by atoms with Crippen LogP contribution in [0.2, 0.25) is 0 Å². The molecule has 1 aromatic rings. The summed E-state index contributed by atoms with van der Waals surface area (Å²) in [6.45, 7) is 0. The Balaban J connectivity index is 2.16. The molecule has 5 heteroatoms. The highest BCUT2D eigenvalue weighted by Crippen LogP contribution is 2.32. The van der Waals surface area contributed by atoms with Gasteiger partial charge < -0.3 is 9.52 Å². The van der Waals surface area contributed by atoms with Crippen LogP contribution >= 0.6 is 11.8 Å². The Hall–Kier alpha value is -0.970. The Morgan fingerprint density at radius 2 is 2.62 bits per heavy atom. The number of carboxylic acids is 1. The van der Waals surface area contributed by atoms with Crippen molar-refractivity contribution in [3.05, 3.63) is 17.8 Å². The zero-order valence-electron chi connectivity index (χ0n) is 6.90. The SMILES string of the molecule is O=C(O)c1ncc(C2CCSC2)o1. The summed E-state index contributed by atoms with van der Waals surface area (Å²) in [6.07, 6.45) is 2.58. The van der Waals surface area contributed by atoms with Crippen LogP contribution in [0.15, 0.2) is 10.6 Å². The Morgan fingerprint density at radius 1 is 1.77 bits per heavy atom. The van der Waals surface area contributed by atoms with Gasteiger partial charge >= 0.3 is 11.9 Å². The van der Waals surface area contributed by atoms with E-state index >= 15 is 0 Å². The van der Waals surface area contributed by atoms with Crippen LogP contribution in [-0.4, -0.2) is 27.6 Å². The molecule has 0 bridgehead atoms. The van der Waals surface area contributed by atoms with Crippen LogP contribution in [0.25, 0.3) is 0 Å². The molecule has 1 N–H and O–H groups in total. The van der Waals surface area contributed by atoms with Gasteiger partial charge in [0.15, 0.2) is 0 Å². The molecule has 1 aliphatic heterocycles. The fraction of sp³-hybridized carbons (Fsp3) is 0.500. The third-order valence-corrected chi connectivity index (χ3v) is 3.20. The maximum absolute atomic E-state index is 10.5. The average molecular weight is 199 g/mol. The lowest BCUT2D eigenvalue weighted by atomic mass is 10.1. The molecule has 4 nitrogen and oxygen atoms in total. The molecule has 0 aromatic carbocycles. The van der Waals surface area contributed by atoms with Crippen molar-refractivity contribution in [2.75, 3.05) is 11.5 Å². The Bertz CT molecular complexity index is 317. The Kier molecular flexibility index (Phi) is 2.26. The van der Waals surface area contributed by atoms with Crippen molar-refractivity contribution in [1.82, 2.24) is 4.98 Å². The highest BCUT2D eigenvalue weighted by Gasteiger charge is 2.22. The van der Waals surface area contributed by atoms with Crippen molar-refractivity contribution in [1.29, 1.82) is 0 Å². The maximum Gasteiger partial charge on any atom is 0.392 e. The number of nitrogens with zero attached hydrogens (tertiary/aromatic N) is 1. The normalized spacial score (nSPS) is 22.0. The molecule has 13 heavy (non-hydrogen) atoms. The highest BCUT2D eigenvalue weighted by atomic mass is 32.2. The van der Waals surface area contributed by atoms with Gasteiger partial charge in [-0.05, 0) is 12.2 Å². The quantitative estimate of drug-likeness (QED) is 0.783. The molecule has 1 atom stereocenters. The number of aromatic carboxylic acids is 1. The lowest BCUT2D eigenvalue weighted by Crippen LogP contribution is -1.96. The number of carboxylic acid groups (broad SMARTS) is 1. The number of rotatable bonds is 2. The molecule has 1 unspecified atom stereocenters. The van der Waals surface area contributed by atoms with Gasteiger partial charge in [-0.1, -0.05) is 0 Å².